The molecule has 1 aliphatic rings. The molecule has 0 aliphatic carbocycles. The van der Waals surface area contributed by atoms with Gasteiger partial charge in [-0.05, 0) is 37.9 Å². The van der Waals surface area contributed by atoms with Crippen molar-refractivity contribution in [2.45, 2.75) is 37.9 Å². The number of likely N-dealkylation sites (tertiary alicyclic amines) is 1. The number of aromatic nitrogens is 1. The van der Waals surface area contributed by atoms with Gasteiger partial charge >= 0.3 is 12.1 Å². The number of nitrogens with zero attached hydrogens (tertiary/aromatic N) is 2. The normalized spacial score (nSPS) is 18.0. The summed E-state index contributed by atoms with van der Waals surface area (Å²) in [5.74, 6) is -0.951. The van der Waals surface area contributed by atoms with Gasteiger partial charge in [-0.25, -0.2) is 4.79 Å². The number of aromatic carboxylic acids is 1. The van der Waals surface area contributed by atoms with Crippen LogP contribution in [0.1, 0.15) is 42.2 Å². The lowest BCUT2D eigenvalue weighted by Crippen LogP contribution is -2.36. The predicted molar refractivity (Wildman–Crippen MR) is 71.4 cm³/mol. The molecule has 1 aromatic rings. The van der Waals surface area contributed by atoms with Crippen LogP contribution in [-0.2, 0) is 0 Å². The monoisotopic (exact) mass is 304 g/mol. The minimum atomic E-state index is -4.08. The second-order valence-electron chi connectivity index (χ2n) is 5.40. The van der Waals surface area contributed by atoms with Gasteiger partial charge in [0, 0.05) is 31.7 Å². The van der Waals surface area contributed by atoms with E-state index in [9.17, 15) is 18.0 Å². The third kappa shape index (κ3) is 4.49. The molecular formula is C14H19F3N2O2. The first-order chi connectivity index (χ1) is 9.87. The molecule has 0 saturated carbocycles. The van der Waals surface area contributed by atoms with E-state index < -0.39 is 18.6 Å². The summed E-state index contributed by atoms with van der Waals surface area (Å²) in [7, 11) is 0. The largest absolute Gasteiger partial charge is 0.477 e. The number of piperidine rings is 1. The van der Waals surface area contributed by atoms with E-state index in [-0.39, 0.29) is 18.2 Å². The van der Waals surface area contributed by atoms with E-state index >= 15 is 0 Å². The van der Waals surface area contributed by atoms with Crippen LogP contribution in [0.4, 0.5) is 13.2 Å². The Morgan fingerprint density at radius 3 is 2.57 bits per heavy atom. The number of halogens is 3. The van der Waals surface area contributed by atoms with Gasteiger partial charge in [0.05, 0.1) is 0 Å². The molecular weight excluding hydrogens is 285 g/mol. The third-order valence-electron chi connectivity index (χ3n) is 3.88. The second kappa shape index (κ2) is 6.51. The van der Waals surface area contributed by atoms with E-state index in [1.165, 1.54) is 0 Å². The Labute approximate surface area is 121 Å². The number of carbonyl (C=O) groups is 1. The Kier molecular flexibility index (Phi) is 4.92. The zero-order valence-electron chi connectivity index (χ0n) is 11.6. The minimum Gasteiger partial charge on any atom is -0.477 e. The van der Waals surface area contributed by atoms with Gasteiger partial charge in [0.25, 0.3) is 0 Å². The van der Waals surface area contributed by atoms with Crippen molar-refractivity contribution in [1.82, 2.24) is 9.47 Å². The quantitative estimate of drug-likeness (QED) is 0.909. The molecule has 7 heteroatoms. The minimum absolute atomic E-state index is 0.116. The van der Waals surface area contributed by atoms with Gasteiger partial charge in [-0.15, -0.1) is 0 Å². The highest BCUT2D eigenvalue weighted by molar-refractivity contribution is 5.85. The summed E-state index contributed by atoms with van der Waals surface area (Å²) in [5.41, 5.74) is 0.269. The molecule has 1 aliphatic heterocycles. The molecule has 0 aromatic carbocycles. The highest BCUT2D eigenvalue weighted by Crippen LogP contribution is 2.26. The number of carboxylic acids is 1. The highest BCUT2D eigenvalue weighted by atomic mass is 19.4. The summed E-state index contributed by atoms with van der Waals surface area (Å²) in [4.78, 5) is 13.1. The Morgan fingerprint density at radius 2 is 2.00 bits per heavy atom. The first-order valence-corrected chi connectivity index (χ1v) is 7.06. The lowest BCUT2D eigenvalue weighted by Gasteiger charge is -2.33. The van der Waals surface area contributed by atoms with Gasteiger partial charge in [0.2, 0.25) is 0 Å². The van der Waals surface area contributed by atoms with Crippen molar-refractivity contribution >= 4 is 5.97 Å². The van der Waals surface area contributed by atoms with Crippen molar-refractivity contribution in [2.75, 3.05) is 19.6 Å². The molecule has 0 bridgehead atoms. The maximum Gasteiger partial charge on any atom is 0.389 e. The fraction of sp³-hybridized carbons (Fsp3) is 0.643. The van der Waals surface area contributed by atoms with Crippen molar-refractivity contribution in [1.29, 1.82) is 0 Å². The third-order valence-corrected chi connectivity index (χ3v) is 3.88. The van der Waals surface area contributed by atoms with Crippen LogP contribution in [0, 0.1) is 0 Å². The van der Waals surface area contributed by atoms with Crippen LogP contribution < -0.4 is 0 Å². The van der Waals surface area contributed by atoms with Gasteiger partial charge in [0.1, 0.15) is 5.69 Å². The van der Waals surface area contributed by atoms with E-state index in [2.05, 4.69) is 0 Å². The summed E-state index contributed by atoms with van der Waals surface area (Å²) in [5, 5.41) is 9.09. The number of hydrogen-bond acceptors (Lipinski definition) is 2. The fourth-order valence-corrected chi connectivity index (χ4v) is 2.82. The van der Waals surface area contributed by atoms with Crippen LogP contribution >= 0.6 is 0 Å². The van der Waals surface area contributed by atoms with Crippen molar-refractivity contribution in [3.05, 3.63) is 24.0 Å². The standard InChI is InChI=1S/C14H19F3N2O2/c15-14(16,17)6-2-7-18-9-4-11(5-10-18)19-8-1-3-12(19)13(20)21/h1,3,8,11H,2,4-7,9-10H2,(H,20,21). The second-order valence-corrected chi connectivity index (χ2v) is 5.40. The van der Waals surface area contributed by atoms with Gasteiger partial charge in [-0.3, -0.25) is 0 Å². The summed E-state index contributed by atoms with van der Waals surface area (Å²) < 4.78 is 38.1. The smallest absolute Gasteiger partial charge is 0.389 e. The molecule has 0 atom stereocenters. The Hall–Kier alpha value is -1.50. The topological polar surface area (TPSA) is 45.5 Å². The zero-order valence-corrected chi connectivity index (χ0v) is 11.6. The maximum absolute atomic E-state index is 12.1. The molecule has 0 unspecified atom stereocenters. The molecule has 21 heavy (non-hydrogen) atoms. The molecule has 1 saturated heterocycles. The van der Waals surface area contributed by atoms with E-state index in [0.717, 1.165) is 12.8 Å². The Morgan fingerprint density at radius 1 is 1.33 bits per heavy atom. The van der Waals surface area contributed by atoms with Gasteiger partial charge in [-0.1, -0.05) is 0 Å². The maximum atomic E-state index is 12.1. The van der Waals surface area contributed by atoms with Crippen LogP contribution in [-0.4, -0.2) is 46.4 Å². The first-order valence-electron chi connectivity index (χ1n) is 7.06. The first kappa shape index (κ1) is 15.9. The molecule has 1 fully saturated rings. The molecule has 0 spiro atoms. The molecule has 4 nitrogen and oxygen atoms in total. The molecule has 1 aromatic heterocycles. The molecule has 2 rings (SSSR count). The highest BCUT2D eigenvalue weighted by Gasteiger charge is 2.27. The lowest BCUT2D eigenvalue weighted by molar-refractivity contribution is -0.136. The van der Waals surface area contributed by atoms with E-state index in [1.807, 2.05) is 4.90 Å². The summed E-state index contributed by atoms with van der Waals surface area (Å²) in [6.07, 6.45) is -1.42. The average Bonchev–Trinajstić information content (AvgIpc) is 2.87. The number of carboxylic acid groups (broad SMARTS) is 1. The van der Waals surface area contributed by atoms with Crippen LogP contribution in [0.5, 0.6) is 0 Å². The van der Waals surface area contributed by atoms with Crippen LogP contribution in [0.25, 0.3) is 0 Å². The number of hydrogen-bond donors (Lipinski definition) is 1. The molecule has 0 radical (unpaired) electrons. The van der Waals surface area contributed by atoms with Crippen molar-refractivity contribution in [3.63, 3.8) is 0 Å². The van der Waals surface area contributed by atoms with Gasteiger partial charge in [-0.2, -0.15) is 13.2 Å². The van der Waals surface area contributed by atoms with Gasteiger partial charge < -0.3 is 14.6 Å². The van der Waals surface area contributed by atoms with Gasteiger partial charge in [0.15, 0.2) is 0 Å². The van der Waals surface area contributed by atoms with Crippen molar-refractivity contribution < 1.29 is 23.1 Å². The molecule has 118 valence electrons. The van der Waals surface area contributed by atoms with E-state index in [1.54, 1.807) is 22.9 Å². The SMILES string of the molecule is O=C(O)c1cccn1C1CCN(CCCC(F)(F)F)CC1. The van der Waals surface area contributed by atoms with Crippen LogP contribution in [0.15, 0.2) is 18.3 Å². The Balaban J connectivity index is 1.80. The number of rotatable bonds is 5. The summed E-state index contributed by atoms with van der Waals surface area (Å²) >= 11 is 0. The summed E-state index contributed by atoms with van der Waals surface area (Å²) in [6.45, 7) is 1.86. The van der Waals surface area contributed by atoms with Crippen LogP contribution in [0.3, 0.4) is 0 Å². The van der Waals surface area contributed by atoms with Crippen molar-refractivity contribution in [2.24, 2.45) is 0 Å². The fourth-order valence-electron chi connectivity index (χ4n) is 2.82. The predicted octanol–water partition coefficient (Wildman–Crippen LogP) is 3.17. The van der Waals surface area contributed by atoms with Crippen molar-refractivity contribution in [3.8, 4) is 0 Å². The van der Waals surface area contributed by atoms with Crippen LogP contribution in [0.2, 0.25) is 0 Å². The summed E-state index contributed by atoms with van der Waals surface area (Å²) in [6, 6.07) is 3.39. The van der Waals surface area contributed by atoms with E-state index in [4.69, 9.17) is 5.11 Å². The average molecular weight is 304 g/mol. The number of alkyl halides is 3. The molecule has 1 N–H and O–H groups in total. The van der Waals surface area contributed by atoms with E-state index in [0.29, 0.717) is 19.6 Å². The molecule has 2 heterocycles. The molecule has 0 amide bonds. The lowest BCUT2D eigenvalue weighted by atomic mass is 10.0. The Bertz CT molecular complexity index is 477. The zero-order chi connectivity index (χ0) is 15.5.